The quantitative estimate of drug-likeness (QED) is 0.112. The third-order valence-corrected chi connectivity index (χ3v) is 15.9. The van der Waals surface area contributed by atoms with E-state index in [0.717, 1.165) is 43.1 Å². The molecule has 7 rings (SSSR count). The van der Waals surface area contributed by atoms with Gasteiger partial charge in [0.25, 0.3) is 0 Å². The van der Waals surface area contributed by atoms with E-state index in [-0.39, 0.29) is 5.04 Å². The van der Waals surface area contributed by atoms with E-state index >= 15 is 0 Å². The van der Waals surface area contributed by atoms with Crippen molar-refractivity contribution in [1.82, 2.24) is 0 Å². The molecule has 3 aliphatic carbocycles. The zero-order chi connectivity index (χ0) is 33.1. The molecule has 251 valence electrons. The van der Waals surface area contributed by atoms with Gasteiger partial charge in [-0.2, -0.15) is 0 Å². The molecule has 3 aliphatic rings. The third kappa shape index (κ3) is 6.70. The first-order chi connectivity index (χ1) is 23.4. The average Bonchev–Trinajstić information content (AvgIpc) is 3.46. The predicted molar refractivity (Wildman–Crippen MR) is 202 cm³/mol. The number of fused-ring (bicyclic) bond motifs is 5. The lowest BCUT2D eigenvalue weighted by Gasteiger charge is -2.51. The smallest absolute Gasteiger partial charge is 0.129 e. The summed E-state index contributed by atoms with van der Waals surface area (Å²) in [5.41, 5.74) is 6.27. The van der Waals surface area contributed by atoms with Gasteiger partial charge in [0.2, 0.25) is 0 Å². The molecule has 0 aromatic heterocycles. The van der Waals surface area contributed by atoms with Crippen molar-refractivity contribution in [2.75, 3.05) is 13.2 Å². The standard InChI is InChI=1S/C45H55O2Si/c1-5-34-29-41-35(30-43(34)47-31-33-15-9-6-10-16-33)21-23-40-39(41)25-27-45(4)36(22-24-42(40)45)26-28-46-32-44(2,3)48(37-17-11-7-12-18-37)38-19-13-8-14-20-38/h6-20,29-30,36,39-40,42H,5,21-28,31-32H2,1-4H3. The van der Waals surface area contributed by atoms with E-state index in [4.69, 9.17) is 9.47 Å². The molecule has 4 aromatic rings. The maximum atomic E-state index is 6.66. The second kappa shape index (κ2) is 14.4. The number of hydrogen-bond donors (Lipinski definition) is 0. The van der Waals surface area contributed by atoms with Crippen molar-refractivity contribution in [2.24, 2.45) is 23.2 Å². The van der Waals surface area contributed by atoms with Gasteiger partial charge in [-0.15, -0.1) is 0 Å². The van der Waals surface area contributed by atoms with E-state index < -0.39 is 8.80 Å². The number of ether oxygens (including phenoxy) is 2. The fourth-order valence-corrected chi connectivity index (χ4v) is 13.4. The van der Waals surface area contributed by atoms with Crippen LogP contribution in [0.5, 0.6) is 5.75 Å². The summed E-state index contributed by atoms with van der Waals surface area (Å²) < 4.78 is 13.1. The minimum absolute atomic E-state index is 0.0901. The van der Waals surface area contributed by atoms with Gasteiger partial charge >= 0.3 is 0 Å². The van der Waals surface area contributed by atoms with Gasteiger partial charge in [-0.3, -0.25) is 0 Å². The van der Waals surface area contributed by atoms with Crippen LogP contribution in [0.25, 0.3) is 0 Å². The fourth-order valence-electron chi connectivity index (χ4n) is 10.2. The molecule has 5 atom stereocenters. The Morgan fingerprint density at radius 3 is 2.15 bits per heavy atom. The average molecular weight is 656 g/mol. The first kappa shape index (κ1) is 33.4. The fraction of sp³-hybridized carbons (Fsp3) is 0.467. The van der Waals surface area contributed by atoms with Crippen molar-refractivity contribution in [1.29, 1.82) is 0 Å². The Hall–Kier alpha value is -3.14. The van der Waals surface area contributed by atoms with Gasteiger partial charge in [-0.25, -0.2) is 0 Å². The minimum atomic E-state index is -1.000. The van der Waals surface area contributed by atoms with E-state index in [1.807, 2.05) is 0 Å². The summed E-state index contributed by atoms with van der Waals surface area (Å²) in [4.78, 5) is 0. The minimum Gasteiger partial charge on any atom is -0.489 e. The van der Waals surface area contributed by atoms with E-state index in [0.29, 0.717) is 17.9 Å². The Balaban J connectivity index is 0.985. The highest BCUT2D eigenvalue weighted by Crippen LogP contribution is 2.63. The van der Waals surface area contributed by atoms with Gasteiger partial charge in [-0.05, 0) is 114 Å². The summed E-state index contributed by atoms with van der Waals surface area (Å²) in [6, 6.07) is 37.9. The highest BCUT2D eigenvalue weighted by atomic mass is 28.3. The molecule has 0 bridgehead atoms. The molecule has 3 heteroatoms. The highest BCUT2D eigenvalue weighted by molar-refractivity contribution is 6.87. The van der Waals surface area contributed by atoms with E-state index in [2.05, 4.69) is 131 Å². The zero-order valence-electron chi connectivity index (χ0n) is 29.7. The molecule has 2 fully saturated rings. The SMILES string of the molecule is CCc1cc2c(cc1OCc1ccccc1)CCC1C2CCC2(C)C(CCOCC(C)(C)[Si](c3ccccc3)c3ccccc3)CCC12. The largest absolute Gasteiger partial charge is 0.489 e. The molecule has 48 heavy (non-hydrogen) atoms. The number of hydrogen-bond acceptors (Lipinski definition) is 2. The van der Waals surface area contributed by atoms with Crippen LogP contribution in [0, 0.1) is 23.2 Å². The molecule has 0 saturated heterocycles. The van der Waals surface area contributed by atoms with Crippen LogP contribution in [0.4, 0.5) is 0 Å². The van der Waals surface area contributed by atoms with Crippen LogP contribution in [0.15, 0.2) is 103 Å². The van der Waals surface area contributed by atoms with Gasteiger partial charge in [0.05, 0.1) is 0 Å². The highest BCUT2D eigenvalue weighted by Gasteiger charge is 2.54. The monoisotopic (exact) mass is 655 g/mol. The lowest BCUT2D eigenvalue weighted by Crippen LogP contribution is -2.51. The van der Waals surface area contributed by atoms with Crippen molar-refractivity contribution in [3.63, 3.8) is 0 Å². The lowest BCUT2D eigenvalue weighted by atomic mass is 9.54. The molecule has 1 radical (unpaired) electrons. The Kier molecular flexibility index (Phi) is 9.99. The molecule has 0 amide bonds. The summed E-state index contributed by atoms with van der Waals surface area (Å²) in [6.07, 6.45) is 10.2. The molecular weight excluding hydrogens is 601 g/mol. The summed E-state index contributed by atoms with van der Waals surface area (Å²) in [5, 5.41) is 3.04. The van der Waals surface area contributed by atoms with Crippen LogP contribution in [0.1, 0.15) is 94.4 Å². The lowest BCUT2D eigenvalue weighted by molar-refractivity contribution is 0.0124. The Morgan fingerprint density at radius 1 is 0.812 bits per heavy atom. The van der Waals surface area contributed by atoms with Crippen LogP contribution in [-0.2, 0) is 24.2 Å². The summed E-state index contributed by atoms with van der Waals surface area (Å²) in [5.74, 6) is 4.26. The zero-order valence-corrected chi connectivity index (χ0v) is 30.7. The van der Waals surface area contributed by atoms with Crippen LogP contribution in [0.3, 0.4) is 0 Å². The van der Waals surface area contributed by atoms with Crippen molar-refractivity contribution < 1.29 is 9.47 Å². The van der Waals surface area contributed by atoms with Crippen LogP contribution in [-0.4, -0.2) is 22.0 Å². The van der Waals surface area contributed by atoms with Gasteiger partial charge in [-0.1, -0.05) is 135 Å². The van der Waals surface area contributed by atoms with Gasteiger partial charge in [0.1, 0.15) is 21.2 Å². The van der Waals surface area contributed by atoms with E-state index in [1.165, 1.54) is 66.4 Å². The molecule has 4 aromatic carbocycles. The molecule has 2 nitrogen and oxygen atoms in total. The predicted octanol–water partition coefficient (Wildman–Crippen LogP) is 9.80. The number of aryl methyl sites for hydroxylation is 2. The molecular formula is C45H55O2Si. The Labute approximate surface area is 291 Å². The molecule has 0 spiro atoms. The van der Waals surface area contributed by atoms with Crippen LogP contribution >= 0.6 is 0 Å². The Morgan fingerprint density at radius 2 is 1.48 bits per heavy atom. The second-order valence-electron chi connectivity index (χ2n) is 15.9. The second-order valence-corrected chi connectivity index (χ2v) is 19.1. The van der Waals surface area contributed by atoms with Crippen molar-refractivity contribution in [2.45, 2.75) is 96.6 Å². The van der Waals surface area contributed by atoms with E-state index in [9.17, 15) is 0 Å². The number of rotatable bonds is 12. The number of benzene rings is 4. The molecule has 0 N–H and O–H groups in total. The normalized spacial score (nSPS) is 24.9. The third-order valence-electron chi connectivity index (χ3n) is 12.6. The van der Waals surface area contributed by atoms with Crippen molar-refractivity contribution in [3.05, 3.63) is 125 Å². The topological polar surface area (TPSA) is 18.5 Å². The summed E-state index contributed by atoms with van der Waals surface area (Å²) in [6.45, 7) is 12.1. The van der Waals surface area contributed by atoms with E-state index in [1.54, 1.807) is 11.1 Å². The van der Waals surface area contributed by atoms with Crippen LogP contribution in [0.2, 0.25) is 5.04 Å². The van der Waals surface area contributed by atoms with Crippen LogP contribution < -0.4 is 15.1 Å². The van der Waals surface area contributed by atoms with Gasteiger partial charge in [0.15, 0.2) is 0 Å². The first-order valence-corrected chi connectivity index (χ1v) is 20.3. The molecule has 5 unspecified atom stereocenters. The molecule has 2 saturated carbocycles. The van der Waals surface area contributed by atoms with Crippen molar-refractivity contribution >= 4 is 19.2 Å². The first-order valence-electron chi connectivity index (χ1n) is 18.8. The van der Waals surface area contributed by atoms with Crippen molar-refractivity contribution in [3.8, 4) is 5.75 Å². The molecule has 0 heterocycles. The summed E-state index contributed by atoms with van der Waals surface area (Å²) >= 11 is 0. The maximum Gasteiger partial charge on any atom is 0.129 e. The Bertz CT molecular complexity index is 1590. The van der Waals surface area contributed by atoms with Gasteiger partial charge < -0.3 is 9.47 Å². The summed E-state index contributed by atoms with van der Waals surface area (Å²) in [7, 11) is -1.000. The molecule has 0 aliphatic heterocycles. The maximum absolute atomic E-state index is 6.66. The van der Waals surface area contributed by atoms with Gasteiger partial charge in [0, 0.05) is 13.2 Å².